The summed E-state index contributed by atoms with van der Waals surface area (Å²) < 4.78 is 0. The van der Waals surface area contributed by atoms with Crippen molar-refractivity contribution in [2.75, 3.05) is 5.32 Å². The third-order valence-corrected chi connectivity index (χ3v) is 4.57. The Bertz CT molecular complexity index is 710. The lowest BCUT2D eigenvalue weighted by molar-refractivity contribution is -0.120. The second-order valence-electron chi connectivity index (χ2n) is 6.02. The number of nitrogens with one attached hydrogen (secondary N) is 2. The van der Waals surface area contributed by atoms with Crippen LogP contribution in [0.3, 0.4) is 0 Å². The largest absolute Gasteiger partial charge is 0.349 e. The number of carbonyl (C=O) groups excluding carboxylic acids is 2. The minimum Gasteiger partial charge on any atom is -0.349 e. The van der Waals surface area contributed by atoms with Crippen molar-refractivity contribution in [1.29, 1.82) is 0 Å². The maximum atomic E-state index is 12.3. The van der Waals surface area contributed by atoms with Crippen LogP contribution < -0.4 is 10.6 Å². The van der Waals surface area contributed by atoms with Gasteiger partial charge in [0.25, 0.3) is 0 Å². The lowest BCUT2D eigenvalue weighted by Gasteiger charge is -2.18. The molecule has 1 heterocycles. The number of nitrogens with zero attached hydrogens (tertiary/aromatic N) is 2. The molecular formula is C17H22N4O2S. The van der Waals surface area contributed by atoms with Crippen LogP contribution in [0.4, 0.5) is 5.13 Å². The van der Waals surface area contributed by atoms with Gasteiger partial charge < -0.3 is 10.6 Å². The molecule has 0 aliphatic heterocycles. The average molecular weight is 346 g/mol. The summed E-state index contributed by atoms with van der Waals surface area (Å²) in [4.78, 5) is 23.7. The molecule has 7 heteroatoms. The molecule has 0 saturated heterocycles. The van der Waals surface area contributed by atoms with E-state index in [2.05, 4.69) is 20.8 Å². The number of hydrogen-bond acceptors (Lipinski definition) is 5. The van der Waals surface area contributed by atoms with Crippen molar-refractivity contribution in [3.05, 3.63) is 40.4 Å². The molecule has 0 bridgehead atoms. The first-order valence-corrected chi connectivity index (χ1v) is 8.63. The Morgan fingerprint density at radius 1 is 1.17 bits per heavy atom. The maximum absolute atomic E-state index is 12.3. The molecule has 0 aliphatic carbocycles. The maximum Gasteiger partial charge on any atom is 0.228 e. The summed E-state index contributed by atoms with van der Waals surface area (Å²) in [5.41, 5.74) is 2.02. The van der Waals surface area contributed by atoms with Crippen LogP contribution in [0, 0.1) is 6.92 Å². The smallest absolute Gasteiger partial charge is 0.228 e. The van der Waals surface area contributed by atoms with Gasteiger partial charge in [0, 0.05) is 12.8 Å². The number of anilines is 1. The highest BCUT2D eigenvalue weighted by molar-refractivity contribution is 7.15. The third-order valence-electron chi connectivity index (χ3n) is 3.43. The molecule has 6 nitrogen and oxygen atoms in total. The van der Waals surface area contributed by atoms with Crippen LogP contribution in [-0.4, -0.2) is 22.0 Å². The van der Waals surface area contributed by atoms with Crippen molar-refractivity contribution >= 4 is 28.3 Å². The van der Waals surface area contributed by atoms with Gasteiger partial charge in [-0.2, -0.15) is 0 Å². The fraction of sp³-hybridized carbons (Fsp3) is 0.412. The predicted octanol–water partition coefficient (Wildman–Crippen LogP) is 3.18. The number of aryl methyl sites for hydroxylation is 1. The highest BCUT2D eigenvalue weighted by Crippen LogP contribution is 2.23. The highest BCUT2D eigenvalue weighted by atomic mass is 32.1. The summed E-state index contributed by atoms with van der Waals surface area (Å²) in [6.07, 6.45) is 0.138. The van der Waals surface area contributed by atoms with Crippen LogP contribution in [-0.2, 0) is 9.59 Å². The van der Waals surface area contributed by atoms with Crippen LogP contribution in [0.1, 0.15) is 55.3 Å². The van der Waals surface area contributed by atoms with Gasteiger partial charge in [0.05, 0.1) is 12.5 Å². The van der Waals surface area contributed by atoms with E-state index in [1.54, 1.807) is 0 Å². The Labute approximate surface area is 145 Å². The standard InChI is InChI=1S/C17H22N4O2S/c1-10(2)16-20-21-17(24-16)19-15(23)9-14(18-12(4)22)13-7-5-11(3)6-8-13/h5-8,10,14H,9H2,1-4H3,(H,18,22)(H,19,21,23). The predicted molar refractivity (Wildman–Crippen MR) is 95.0 cm³/mol. The molecule has 1 aromatic heterocycles. The zero-order valence-electron chi connectivity index (χ0n) is 14.3. The van der Waals surface area contributed by atoms with Crippen molar-refractivity contribution < 1.29 is 9.59 Å². The summed E-state index contributed by atoms with van der Waals surface area (Å²) in [7, 11) is 0. The molecular weight excluding hydrogens is 324 g/mol. The molecule has 0 fully saturated rings. The fourth-order valence-corrected chi connectivity index (χ4v) is 2.93. The van der Waals surface area contributed by atoms with Crippen LogP contribution in [0.25, 0.3) is 0 Å². The molecule has 1 unspecified atom stereocenters. The van der Waals surface area contributed by atoms with Crippen molar-refractivity contribution in [2.45, 2.75) is 46.1 Å². The van der Waals surface area contributed by atoms with Crippen LogP contribution >= 0.6 is 11.3 Å². The topological polar surface area (TPSA) is 84.0 Å². The fourth-order valence-electron chi connectivity index (χ4n) is 2.17. The summed E-state index contributed by atoms with van der Waals surface area (Å²) in [5.74, 6) is -0.111. The normalized spacial score (nSPS) is 12.0. The van der Waals surface area contributed by atoms with E-state index in [-0.39, 0.29) is 30.2 Å². The number of carbonyl (C=O) groups is 2. The lowest BCUT2D eigenvalue weighted by atomic mass is 10.0. The first kappa shape index (κ1) is 18.1. The summed E-state index contributed by atoms with van der Waals surface area (Å²) in [5, 5.41) is 15.0. The first-order valence-electron chi connectivity index (χ1n) is 7.82. The molecule has 2 rings (SSSR count). The Morgan fingerprint density at radius 2 is 1.83 bits per heavy atom. The Hall–Kier alpha value is -2.28. The van der Waals surface area contributed by atoms with Crippen molar-refractivity contribution in [3.63, 3.8) is 0 Å². The van der Waals surface area contributed by atoms with Gasteiger partial charge in [-0.05, 0) is 12.5 Å². The summed E-state index contributed by atoms with van der Waals surface area (Å²) in [6, 6.07) is 7.39. The molecule has 2 aromatic rings. The molecule has 0 spiro atoms. The van der Waals surface area contributed by atoms with Crippen molar-refractivity contribution in [2.24, 2.45) is 0 Å². The second kappa shape index (κ2) is 8.01. The van der Waals surface area contributed by atoms with E-state index in [4.69, 9.17) is 0 Å². The first-order chi connectivity index (χ1) is 11.3. The van der Waals surface area contributed by atoms with Gasteiger partial charge in [-0.25, -0.2) is 0 Å². The van der Waals surface area contributed by atoms with Crippen molar-refractivity contribution in [3.8, 4) is 0 Å². The zero-order valence-corrected chi connectivity index (χ0v) is 15.1. The molecule has 1 atom stereocenters. The number of amides is 2. The minimum atomic E-state index is -0.374. The van der Waals surface area contributed by atoms with Crippen LogP contribution in [0.2, 0.25) is 0 Å². The van der Waals surface area contributed by atoms with E-state index in [1.807, 2.05) is 45.0 Å². The molecule has 0 radical (unpaired) electrons. The average Bonchev–Trinajstić information content (AvgIpc) is 2.95. The molecule has 2 N–H and O–H groups in total. The molecule has 128 valence electrons. The SMILES string of the molecule is CC(=O)NC(CC(=O)Nc1nnc(C(C)C)s1)c1ccc(C)cc1. The van der Waals surface area contributed by atoms with Crippen LogP contribution in [0.15, 0.2) is 24.3 Å². The van der Waals surface area contributed by atoms with E-state index in [1.165, 1.54) is 18.3 Å². The van der Waals surface area contributed by atoms with E-state index in [0.29, 0.717) is 5.13 Å². The van der Waals surface area contributed by atoms with Gasteiger partial charge in [0.1, 0.15) is 5.01 Å². The van der Waals surface area contributed by atoms with E-state index < -0.39 is 0 Å². The van der Waals surface area contributed by atoms with Gasteiger partial charge in [-0.15, -0.1) is 10.2 Å². The zero-order chi connectivity index (χ0) is 17.7. The number of aromatic nitrogens is 2. The molecule has 1 aromatic carbocycles. The minimum absolute atomic E-state index is 0.138. The Morgan fingerprint density at radius 3 is 2.38 bits per heavy atom. The molecule has 24 heavy (non-hydrogen) atoms. The quantitative estimate of drug-likeness (QED) is 0.841. The lowest BCUT2D eigenvalue weighted by Crippen LogP contribution is -2.29. The Kier molecular flexibility index (Phi) is 6.03. The summed E-state index contributed by atoms with van der Waals surface area (Å²) >= 11 is 1.37. The summed E-state index contributed by atoms with van der Waals surface area (Å²) in [6.45, 7) is 7.48. The van der Waals surface area contributed by atoms with Gasteiger partial charge >= 0.3 is 0 Å². The number of benzene rings is 1. The van der Waals surface area contributed by atoms with E-state index in [0.717, 1.165) is 16.1 Å². The highest BCUT2D eigenvalue weighted by Gasteiger charge is 2.18. The van der Waals surface area contributed by atoms with E-state index >= 15 is 0 Å². The Balaban J connectivity index is 2.06. The van der Waals surface area contributed by atoms with Crippen molar-refractivity contribution in [1.82, 2.24) is 15.5 Å². The van der Waals surface area contributed by atoms with Gasteiger partial charge in [-0.1, -0.05) is 55.0 Å². The van der Waals surface area contributed by atoms with Crippen LogP contribution in [0.5, 0.6) is 0 Å². The third kappa shape index (κ3) is 5.13. The molecule has 2 amide bonds. The number of rotatable bonds is 6. The van der Waals surface area contributed by atoms with Gasteiger partial charge in [0.15, 0.2) is 0 Å². The van der Waals surface area contributed by atoms with E-state index in [9.17, 15) is 9.59 Å². The van der Waals surface area contributed by atoms with Gasteiger partial charge in [0.2, 0.25) is 16.9 Å². The monoisotopic (exact) mass is 346 g/mol. The molecule has 0 saturated carbocycles. The molecule has 0 aliphatic rings. The van der Waals surface area contributed by atoms with Gasteiger partial charge in [-0.3, -0.25) is 9.59 Å². The second-order valence-corrected chi connectivity index (χ2v) is 7.03. The number of hydrogen-bond donors (Lipinski definition) is 2.